The van der Waals surface area contributed by atoms with Gasteiger partial charge in [-0.1, -0.05) is 6.07 Å². The van der Waals surface area contributed by atoms with E-state index in [1.165, 1.54) is 5.56 Å². The SMILES string of the molecule is COc1ccc(C(C)NCc2csc(C)n2)cc1Br. The molecular formula is C14H17BrN2OS. The summed E-state index contributed by atoms with van der Waals surface area (Å²) in [4.78, 5) is 4.45. The number of benzene rings is 1. The molecule has 0 aliphatic heterocycles. The quantitative estimate of drug-likeness (QED) is 0.890. The minimum absolute atomic E-state index is 0.268. The maximum atomic E-state index is 5.24. The Hall–Kier alpha value is -0.910. The minimum atomic E-state index is 0.268. The summed E-state index contributed by atoms with van der Waals surface area (Å²) in [5.41, 5.74) is 2.32. The number of nitrogens with one attached hydrogen (secondary N) is 1. The molecule has 1 N–H and O–H groups in total. The van der Waals surface area contributed by atoms with E-state index in [9.17, 15) is 0 Å². The van der Waals surface area contributed by atoms with Crippen LogP contribution in [0.2, 0.25) is 0 Å². The Labute approximate surface area is 126 Å². The maximum absolute atomic E-state index is 5.24. The highest BCUT2D eigenvalue weighted by atomic mass is 79.9. The van der Waals surface area contributed by atoms with Crippen molar-refractivity contribution in [3.05, 3.63) is 44.3 Å². The van der Waals surface area contributed by atoms with Gasteiger partial charge in [0.25, 0.3) is 0 Å². The summed E-state index contributed by atoms with van der Waals surface area (Å²) < 4.78 is 6.21. The van der Waals surface area contributed by atoms with Crippen LogP contribution >= 0.6 is 27.3 Å². The third-order valence-corrected chi connectivity index (χ3v) is 4.37. The van der Waals surface area contributed by atoms with Crippen molar-refractivity contribution in [1.29, 1.82) is 0 Å². The van der Waals surface area contributed by atoms with Crippen molar-refractivity contribution in [3.63, 3.8) is 0 Å². The van der Waals surface area contributed by atoms with Crippen molar-refractivity contribution in [2.75, 3.05) is 7.11 Å². The Kier molecular flexibility index (Phi) is 4.96. The number of thiazole rings is 1. The predicted octanol–water partition coefficient (Wildman–Crippen LogP) is 4.07. The molecule has 1 aromatic heterocycles. The molecule has 0 spiro atoms. The van der Waals surface area contributed by atoms with Gasteiger partial charge < -0.3 is 10.1 Å². The Morgan fingerprint density at radius 2 is 2.26 bits per heavy atom. The molecule has 0 aliphatic rings. The number of methoxy groups -OCH3 is 1. The van der Waals surface area contributed by atoms with Gasteiger partial charge in [0.05, 0.1) is 22.3 Å². The van der Waals surface area contributed by atoms with E-state index in [4.69, 9.17) is 4.74 Å². The first kappa shape index (κ1) is 14.5. The van der Waals surface area contributed by atoms with E-state index in [-0.39, 0.29) is 6.04 Å². The van der Waals surface area contributed by atoms with Gasteiger partial charge in [-0.2, -0.15) is 0 Å². The molecule has 2 rings (SSSR count). The van der Waals surface area contributed by atoms with Crippen LogP contribution in [0.15, 0.2) is 28.1 Å². The molecule has 19 heavy (non-hydrogen) atoms. The van der Waals surface area contributed by atoms with E-state index in [1.54, 1.807) is 18.4 Å². The zero-order valence-corrected chi connectivity index (χ0v) is 13.6. The van der Waals surface area contributed by atoms with E-state index < -0.39 is 0 Å². The Morgan fingerprint density at radius 1 is 1.47 bits per heavy atom. The van der Waals surface area contributed by atoms with E-state index in [1.807, 2.05) is 13.0 Å². The molecule has 1 atom stereocenters. The fraction of sp³-hybridized carbons (Fsp3) is 0.357. The smallest absolute Gasteiger partial charge is 0.133 e. The van der Waals surface area contributed by atoms with Gasteiger partial charge in [0.1, 0.15) is 5.75 Å². The molecule has 0 radical (unpaired) electrons. The van der Waals surface area contributed by atoms with Gasteiger partial charge in [0, 0.05) is 18.0 Å². The summed E-state index contributed by atoms with van der Waals surface area (Å²) in [6, 6.07) is 6.41. The van der Waals surface area contributed by atoms with Gasteiger partial charge in [-0.05, 0) is 47.5 Å². The molecule has 0 amide bonds. The standard InChI is InChI=1S/C14H17BrN2OS/c1-9(16-7-12-8-19-10(2)17-12)11-4-5-14(18-3)13(15)6-11/h4-6,8-9,16H,7H2,1-3H3. The van der Waals surface area contributed by atoms with Crippen molar-refractivity contribution < 1.29 is 4.74 Å². The first-order chi connectivity index (χ1) is 9.10. The van der Waals surface area contributed by atoms with E-state index >= 15 is 0 Å². The summed E-state index contributed by atoms with van der Waals surface area (Å²) in [5.74, 6) is 0.853. The predicted molar refractivity (Wildman–Crippen MR) is 82.8 cm³/mol. The maximum Gasteiger partial charge on any atom is 0.133 e. The van der Waals surface area contributed by atoms with Crippen molar-refractivity contribution in [2.45, 2.75) is 26.4 Å². The van der Waals surface area contributed by atoms with Crippen LogP contribution in [0, 0.1) is 6.92 Å². The monoisotopic (exact) mass is 340 g/mol. The van der Waals surface area contributed by atoms with Crippen LogP contribution in [0.25, 0.3) is 0 Å². The van der Waals surface area contributed by atoms with Crippen LogP contribution < -0.4 is 10.1 Å². The van der Waals surface area contributed by atoms with Gasteiger partial charge >= 0.3 is 0 Å². The number of halogens is 1. The van der Waals surface area contributed by atoms with E-state index in [0.29, 0.717) is 0 Å². The Morgan fingerprint density at radius 3 is 2.84 bits per heavy atom. The minimum Gasteiger partial charge on any atom is -0.496 e. The topological polar surface area (TPSA) is 34.1 Å². The summed E-state index contributed by atoms with van der Waals surface area (Å²) in [5, 5.41) is 6.68. The second-order valence-corrected chi connectivity index (χ2v) is 6.27. The largest absolute Gasteiger partial charge is 0.496 e. The number of rotatable bonds is 5. The van der Waals surface area contributed by atoms with Gasteiger partial charge in [0.2, 0.25) is 0 Å². The average molecular weight is 341 g/mol. The molecule has 3 nitrogen and oxygen atoms in total. The van der Waals surface area contributed by atoms with Crippen LogP contribution in [0.5, 0.6) is 5.75 Å². The molecule has 1 aromatic carbocycles. The number of aromatic nitrogens is 1. The lowest BCUT2D eigenvalue weighted by Crippen LogP contribution is -2.18. The van der Waals surface area contributed by atoms with Gasteiger partial charge in [-0.15, -0.1) is 11.3 Å². The Balaban J connectivity index is 1.99. The molecule has 0 bridgehead atoms. The van der Waals surface area contributed by atoms with Crippen molar-refractivity contribution in [3.8, 4) is 5.75 Å². The van der Waals surface area contributed by atoms with E-state index in [0.717, 1.165) is 27.5 Å². The summed E-state index contributed by atoms with van der Waals surface area (Å²) in [7, 11) is 1.67. The lowest BCUT2D eigenvalue weighted by molar-refractivity contribution is 0.411. The fourth-order valence-corrected chi connectivity index (χ4v) is 2.99. The summed E-state index contributed by atoms with van der Waals surface area (Å²) in [6.07, 6.45) is 0. The zero-order chi connectivity index (χ0) is 13.8. The molecule has 1 heterocycles. The molecule has 5 heteroatoms. The molecule has 2 aromatic rings. The van der Waals surface area contributed by atoms with E-state index in [2.05, 4.69) is 50.7 Å². The van der Waals surface area contributed by atoms with Crippen LogP contribution in [-0.4, -0.2) is 12.1 Å². The molecule has 1 unspecified atom stereocenters. The molecular weight excluding hydrogens is 324 g/mol. The second kappa shape index (κ2) is 6.50. The fourth-order valence-electron chi connectivity index (χ4n) is 1.82. The summed E-state index contributed by atoms with van der Waals surface area (Å²) in [6.45, 7) is 4.96. The lowest BCUT2D eigenvalue weighted by atomic mass is 10.1. The highest BCUT2D eigenvalue weighted by Gasteiger charge is 2.08. The Bertz CT molecular complexity index is 556. The normalized spacial score (nSPS) is 12.4. The van der Waals surface area contributed by atoms with Crippen molar-refractivity contribution in [2.24, 2.45) is 0 Å². The molecule has 0 aliphatic carbocycles. The van der Waals surface area contributed by atoms with Crippen molar-refractivity contribution in [1.82, 2.24) is 10.3 Å². The highest BCUT2D eigenvalue weighted by molar-refractivity contribution is 9.10. The third kappa shape index (κ3) is 3.78. The number of hydrogen-bond donors (Lipinski definition) is 1. The summed E-state index contributed by atoms with van der Waals surface area (Å²) >= 11 is 5.20. The van der Waals surface area contributed by atoms with Crippen LogP contribution in [0.3, 0.4) is 0 Å². The van der Waals surface area contributed by atoms with Crippen LogP contribution in [0.4, 0.5) is 0 Å². The first-order valence-electron chi connectivity index (χ1n) is 6.08. The lowest BCUT2D eigenvalue weighted by Gasteiger charge is -2.15. The molecule has 0 saturated heterocycles. The van der Waals surface area contributed by atoms with Gasteiger partial charge in [-0.25, -0.2) is 4.98 Å². The molecule has 102 valence electrons. The second-order valence-electron chi connectivity index (χ2n) is 4.35. The first-order valence-corrected chi connectivity index (χ1v) is 7.75. The van der Waals surface area contributed by atoms with Gasteiger partial charge in [-0.3, -0.25) is 0 Å². The number of aryl methyl sites for hydroxylation is 1. The van der Waals surface area contributed by atoms with Crippen molar-refractivity contribution >= 4 is 27.3 Å². The molecule has 0 saturated carbocycles. The third-order valence-electron chi connectivity index (χ3n) is 2.93. The number of nitrogens with zero attached hydrogens (tertiary/aromatic N) is 1. The van der Waals surface area contributed by atoms with Crippen LogP contribution in [0.1, 0.15) is 29.2 Å². The molecule has 0 fully saturated rings. The van der Waals surface area contributed by atoms with Crippen LogP contribution in [-0.2, 0) is 6.54 Å². The number of ether oxygens (including phenoxy) is 1. The number of hydrogen-bond acceptors (Lipinski definition) is 4. The average Bonchev–Trinajstić information content (AvgIpc) is 2.81. The zero-order valence-electron chi connectivity index (χ0n) is 11.2. The van der Waals surface area contributed by atoms with Gasteiger partial charge in [0.15, 0.2) is 0 Å². The highest BCUT2D eigenvalue weighted by Crippen LogP contribution is 2.28.